The van der Waals surface area contributed by atoms with E-state index in [-0.39, 0.29) is 0 Å². The quantitative estimate of drug-likeness (QED) is 0.0725. The Hall–Kier alpha value is -7.63. The van der Waals surface area contributed by atoms with Crippen LogP contribution in [0, 0.1) is 0 Å². The molecule has 11 aromatic carbocycles. The number of hydrogen-bond donors (Lipinski definition) is 0. The van der Waals surface area contributed by atoms with Gasteiger partial charge in [0, 0.05) is 44.3 Å². The molecule has 12 rings (SSSR count). The maximum atomic E-state index is 2.47. The molecule has 0 radical (unpaired) electrons. The van der Waals surface area contributed by atoms with Crippen molar-refractivity contribution in [3.05, 3.63) is 265 Å². The van der Waals surface area contributed by atoms with Crippen molar-refractivity contribution >= 4 is 91.5 Å². The highest BCUT2D eigenvalue weighted by atomic mass is 32.2. The standard InChI is InChI=1S/C67H56N2SSi/c1-46(2)70-56-32-20-30-52(43-56)68(50-26-14-8-15-27-50)54-37-40-58-47(42-54)36-39-62-64-60-35-19-18-34-59(60)63-45-55(69(51-28-16-9-17-29-51)53-31-21-33-57(44-53)71(3,4)5)38-41-61(63)66(64)67(65(58)62,48-22-10-6-11-23-48)49-24-12-7-13-25-49/h6-46H,1-5H3. The van der Waals surface area contributed by atoms with Crippen LogP contribution in [0.15, 0.2) is 248 Å². The summed E-state index contributed by atoms with van der Waals surface area (Å²) in [5.74, 6) is 0. The van der Waals surface area contributed by atoms with E-state index in [2.05, 4.69) is 286 Å². The van der Waals surface area contributed by atoms with E-state index >= 15 is 0 Å². The molecular formula is C67H56N2SSi. The fourth-order valence-corrected chi connectivity index (χ4v) is 13.5. The fraction of sp³-hybridized carbons (Fsp3) is 0.104. The second-order valence-electron chi connectivity index (χ2n) is 20.2. The Morgan fingerprint density at radius 3 is 1.49 bits per heavy atom. The molecule has 0 unspecified atom stereocenters. The van der Waals surface area contributed by atoms with Gasteiger partial charge in [-0.3, -0.25) is 0 Å². The lowest BCUT2D eigenvalue weighted by Crippen LogP contribution is -2.37. The van der Waals surface area contributed by atoms with Crippen LogP contribution in [-0.4, -0.2) is 13.3 Å². The molecule has 0 N–H and O–H groups in total. The smallest absolute Gasteiger partial charge is 0.0776 e. The molecule has 0 saturated heterocycles. The van der Waals surface area contributed by atoms with E-state index in [1.54, 1.807) is 0 Å². The largest absolute Gasteiger partial charge is 0.310 e. The van der Waals surface area contributed by atoms with E-state index in [1.165, 1.54) is 81.5 Å². The first-order valence-corrected chi connectivity index (χ1v) is 29.3. The van der Waals surface area contributed by atoms with Crippen LogP contribution in [0.4, 0.5) is 34.1 Å². The van der Waals surface area contributed by atoms with Gasteiger partial charge in [0.25, 0.3) is 0 Å². The second-order valence-corrected chi connectivity index (χ2v) is 26.9. The van der Waals surface area contributed by atoms with Gasteiger partial charge in [0.05, 0.1) is 13.5 Å². The van der Waals surface area contributed by atoms with Crippen molar-refractivity contribution in [3.63, 3.8) is 0 Å². The first-order chi connectivity index (χ1) is 34.7. The number of nitrogens with zero attached hydrogens (tertiary/aromatic N) is 2. The van der Waals surface area contributed by atoms with Gasteiger partial charge in [-0.25, -0.2) is 0 Å². The Labute approximate surface area is 423 Å². The van der Waals surface area contributed by atoms with E-state index in [0.29, 0.717) is 5.25 Å². The number of fused-ring (bicyclic) bond motifs is 10. The number of benzene rings is 11. The zero-order valence-corrected chi connectivity index (χ0v) is 42.8. The molecule has 0 atom stereocenters. The van der Waals surface area contributed by atoms with Crippen molar-refractivity contribution < 1.29 is 0 Å². The minimum atomic E-state index is -1.61. The van der Waals surface area contributed by atoms with E-state index in [4.69, 9.17) is 0 Å². The zero-order chi connectivity index (χ0) is 48.3. The van der Waals surface area contributed by atoms with Gasteiger partial charge in [-0.15, -0.1) is 11.8 Å². The Morgan fingerprint density at radius 1 is 0.380 bits per heavy atom. The van der Waals surface area contributed by atoms with Crippen molar-refractivity contribution in [2.24, 2.45) is 0 Å². The molecule has 0 saturated carbocycles. The molecule has 344 valence electrons. The van der Waals surface area contributed by atoms with Crippen LogP contribution in [0.5, 0.6) is 0 Å². The lowest BCUT2D eigenvalue weighted by atomic mass is 9.65. The molecule has 0 fully saturated rings. The SMILES string of the molecule is CC(C)Sc1cccc(N(c2ccccc2)c2ccc3c4c(ccc3c2)-c2c(c3ccc(N(c5ccccc5)c5cccc([Si](C)(C)C)c5)cc3c3ccccc23)C4(c2ccccc2)c2ccccc2)c1. The highest BCUT2D eigenvalue weighted by Crippen LogP contribution is 2.62. The molecule has 0 aliphatic heterocycles. The van der Waals surface area contributed by atoms with Crippen LogP contribution in [-0.2, 0) is 5.41 Å². The number of hydrogen-bond acceptors (Lipinski definition) is 3. The van der Waals surface area contributed by atoms with Gasteiger partial charge in [0.1, 0.15) is 0 Å². The molecule has 0 amide bonds. The van der Waals surface area contributed by atoms with Gasteiger partial charge in [-0.1, -0.05) is 202 Å². The third-order valence-electron chi connectivity index (χ3n) is 14.4. The van der Waals surface area contributed by atoms with Crippen LogP contribution in [0.25, 0.3) is 43.4 Å². The average Bonchev–Trinajstić information content (AvgIpc) is 3.73. The summed E-state index contributed by atoms with van der Waals surface area (Å²) in [6.45, 7) is 11.8. The van der Waals surface area contributed by atoms with Crippen LogP contribution in [0.3, 0.4) is 0 Å². The Morgan fingerprint density at radius 2 is 0.887 bits per heavy atom. The summed E-state index contributed by atoms with van der Waals surface area (Å²) in [4.78, 5) is 6.12. The average molecular weight is 949 g/mol. The number of para-hydroxylation sites is 2. The maximum Gasteiger partial charge on any atom is 0.0776 e. The summed E-state index contributed by atoms with van der Waals surface area (Å²) in [5, 5.41) is 9.39. The molecule has 0 bridgehead atoms. The Bertz CT molecular complexity index is 3710. The minimum Gasteiger partial charge on any atom is -0.310 e. The summed E-state index contributed by atoms with van der Waals surface area (Å²) in [6, 6.07) is 90.9. The molecular weight excluding hydrogens is 893 g/mol. The molecule has 2 nitrogen and oxygen atoms in total. The van der Waals surface area contributed by atoms with E-state index < -0.39 is 13.5 Å². The van der Waals surface area contributed by atoms with Crippen molar-refractivity contribution in [1.29, 1.82) is 0 Å². The van der Waals surface area contributed by atoms with Gasteiger partial charge in [-0.05, 0) is 145 Å². The number of anilines is 6. The predicted molar refractivity (Wildman–Crippen MR) is 310 cm³/mol. The molecule has 1 aliphatic rings. The molecule has 0 spiro atoms. The normalized spacial score (nSPS) is 12.9. The highest BCUT2D eigenvalue weighted by molar-refractivity contribution is 7.99. The maximum absolute atomic E-state index is 2.47. The van der Waals surface area contributed by atoms with Crippen LogP contribution >= 0.6 is 11.8 Å². The Kier molecular flexibility index (Phi) is 11.3. The minimum absolute atomic E-state index is 0.481. The number of rotatable bonds is 11. The van der Waals surface area contributed by atoms with Gasteiger partial charge in [0.2, 0.25) is 0 Å². The monoisotopic (exact) mass is 948 g/mol. The van der Waals surface area contributed by atoms with Crippen molar-refractivity contribution in [1.82, 2.24) is 0 Å². The molecule has 11 aromatic rings. The lowest BCUT2D eigenvalue weighted by molar-refractivity contribution is 0.783. The van der Waals surface area contributed by atoms with Gasteiger partial charge in [0.15, 0.2) is 0 Å². The van der Waals surface area contributed by atoms with E-state index in [0.717, 1.165) is 28.4 Å². The lowest BCUT2D eigenvalue weighted by Gasteiger charge is -2.36. The summed E-state index contributed by atoms with van der Waals surface area (Å²) in [5.41, 5.74) is 13.9. The third-order valence-corrected chi connectivity index (χ3v) is 17.4. The molecule has 0 heterocycles. The first-order valence-electron chi connectivity index (χ1n) is 24.9. The van der Waals surface area contributed by atoms with Crippen molar-refractivity contribution in [2.45, 2.75) is 49.0 Å². The first kappa shape index (κ1) is 44.6. The fourth-order valence-electron chi connectivity index (χ4n) is 11.4. The molecule has 1 aliphatic carbocycles. The zero-order valence-electron chi connectivity index (χ0n) is 41.0. The summed E-state index contributed by atoms with van der Waals surface area (Å²) in [6.07, 6.45) is 0. The van der Waals surface area contributed by atoms with Gasteiger partial charge in [-0.2, -0.15) is 0 Å². The van der Waals surface area contributed by atoms with Crippen LogP contribution in [0.1, 0.15) is 36.1 Å². The molecule has 71 heavy (non-hydrogen) atoms. The van der Waals surface area contributed by atoms with Crippen molar-refractivity contribution in [3.8, 4) is 11.1 Å². The van der Waals surface area contributed by atoms with Crippen LogP contribution < -0.4 is 15.0 Å². The second kappa shape index (κ2) is 18.0. The van der Waals surface area contributed by atoms with E-state index in [9.17, 15) is 0 Å². The van der Waals surface area contributed by atoms with Crippen molar-refractivity contribution in [2.75, 3.05) is 9.80 Å². The predicted octanol–water partition coefficient (Wildman–Crippen LogP) is 18.5. The molecule has 4 heteroatoms. The highest BCUT2D eigenvalue weighted by Gasteiger charge is 2.49. The summed E-state index contributed by atoms with van der Waals surface area (Å²) < 4.78 is 0. The van der Waals surface area contributed by atoms with Gasteiger partial charge >= 0.3 is 0 Å². The van der Waals surface area contributed by atoms with E-state index in [1.807, 2.05) is 11.8 Å². The van der Waals surface area contributed by atoms with Gasteiger partial charge < -0.3 is 9.80 Å². The summed E-state index contributed by atoms with van der Waals surface area (Å²) in [7, 11) is -1.61. The third kappa shape index (κ3) is 7.65. The summed E-state index contributed by atoms with van der Waals surface area (Å²) >= 11 is 1.90. The van der Waals surface area contributed by atoms with Crippen LogP contribution in [0.2, 0.25) is 19.6 Å². The number of thioether (sulfide) groups is 1. The molecule has 0 aromatic heterocycles. The Balaban J connectivity index is 1.15. The topological polar surface area (TPSA) is 6.48 Å².